The molecule has 94 valence electrons. The number of aromatic nitrogens is 1. The molecule has 2 heterocycles. The molecule has 1 aliphatic rings. The smallest absolute Gasteiger partial charge is 0.213 e. The van der Waals surface area contributed by atoms with E-state index in [0.29, 0.717) is 0 Å². The highest BCUT2D eigenvalue weighted by atomic mass is 16.5. The fourth-order valence-corrected chi connectivity index (χ4v) is 2.42. The van der Waals surface area contributed by atoms with Crippen molar-refractivity contribution in [2.75, 3.05) is 19.7 Å². The normalized spacial score (nSPS) is 19.2. The van der Waals surface area contributed by atoms with Crippen molar-refractivity contribution in [1.29, 1.82) is 0 Å². The maximum atomic E-state index is 5.74. The second kappa shape index (κ2) is 5.36. The van der Waals surface area contributed by atoms with E-state index in [1.807, 2.05) is 24.3 Å². The van der Waals surface area contributed by atoms with Gasteiger partial charge < -0.3 is 10.1 Å². The molecule has 1 fully saturated rings. The number of nitrogens with one attached hydrogen (secondary N) is 1. The monoisotopic (exact) mass is 242 g/mol. The Kier molecular flexibility index (Phi) is 3.42. The molecule has 0 aliphatic carbocycles. The van der Waals surface area contributed by atoms with Gasteiger partial charge >= 0.3 is 0 Å². The van der Waals surface area contributed by atoms with E-state index in [2.05, 4.69) is 22.4 Å². The second-order valence-corrected chi connectivity index (χ2v) is 4.84. The Morgan fingerprint density at radius 1 is 1.22 bits per heavy atom. The summed E-state index contributed by atoms with van der Waals surface area (Å²) in [6, 6.07) is 12.1. The summed E-state index contributed by atoms with van der Waals surface area (Å²) in [6.45, 7) is 3.05. The summed E-state index contributed by atoms with van der Waals surface area (Å²) in [5, 5.41) is 4.53. The van der Waals surface area contributed by atoms with E-state index in [9.17, 15) is 0 Å². The zero-order valence-electron chi connectivity index (χ0n) is 10.4. The maximum Gasteiger partial charge on any atom is 0.213 e. The van der Waals surface area contributed by atoms with Crippen LogP contribution in [0.15, 0.2) is 36.4 Å². The first-order valence-corrected chi connectivity index (χ1v) is 6.61. The highest BCUT2D eigenvalue weighted by Crippen LogP contribution is 2.17. The maximum absolute atomic E-state index is 5.74. The van der Waals surface area contributed by atoms with Crippen LogP contribution in [0, 0.1) is 5.92 Å². The van der Waals surface area contributed by atoms with E-state index >= 15 is 0 Å². The number of para-hydroxylation sites is 1. The number of benzene rings is 1. The van der Waals surface area contributed by atoms with Crippen molar-refractivity contribution < 1.29 is 4.74 Å². The van der Waals surface area contributed by atoms with Crippen molar-refractivity contribution in [3.05, 3.63) is 36.4 Å². The van der Waals surface area contributed by atoms with E-state index in [-0.39, 0.29) is 0 Å². The van der Waals surface area contributed by atoms with Gasteiger partial charge in [-0.25, -0.2) is 4.98 Å². The van der Waals surface area contributed by atoms with Crippen LogP contribution in [-0.4, -0.2) is 24.7 Å². The molecule has 1 N–H and O–H groups in total. The molecule has 1 atom stereocenters. The minimum atomic E-state index is 0.736. The van der Waals surface area contributed by atoms with Crippen LogP contribution in [0.1, 0.15) is 12.8 Å². The van der Waals surface area contributed by atoms with E-state index in [1.165, 1.54) is 6.42 Å². The fourth-order valence-electron chi connectivity index (χ4n) is 2.42. The van der Waals surface area contributed by atoms with Gasteiger partial charge in [-0.3, -0.25) is 0 Å². The van der Waals surface area contributed by atoms with Gasteiger partial charge in [0.15, 0.2) is 0 Å². The molecule has 0 bridgehead atoms. The number of hydrogen-bond acceptors (Lipinski definition) is 3. The van der Waals surface area contributed by atoms with Gasteiger partial charge in [0.2, 0.25) is 5.88 Å². The third-order valence-electron chi connectivity index (χ3n) is 3.51. The molecule has 1 aromatic carbocycles. The van der Waals surface area contributed by atoms with Crippen molar-refractivity contribution in [3.8, 4) is 5.88 Å². The predicted molar refractivity (Wildman–Crippen MR) is 72.8 cm³/mol. The number of fused-ring (bicyclic) bond motifs is 1. The number of hydrogen-bond donors (Lipinski definition) is 1. The number of ether oxygens (including phenoxy) is 1. The minimum Gasteiger partial charge on any atom is -0.478 e. The Morgan fingerprint density at radius 2 is 2.17 bits per heavy atom. The van der Waals surface area contributed by atoms with Gasteiger partial charge in [-0.2, -0.15) is 0 Å². The van der Waals surface area contributed by atoms with Gasteiger partial charge in [-0.15, -0.1) is 0 Å². The van der Waals surface area contributed by atoms with Gasteiger partial charge in [0.25, 0.3) is 0 Å². The van der Waals surface area contributed by atoms with Gasteiger partial charge in [-0.1, -0.05) is 18.2 Å². The number of pyridine rings is 1. The van der Waals surface area contributed by atoms with Crippen molar-refractivity contribution >= 4 is 10.9 Å². The minimum absolute atomic E-state index is 0.736. The molecule has 0 saturated carbocycles. The van der Waals surface area contributed by atoms with E-state index in [4.69, 9.17) is 4.74 Å². The number of nitrogens with zero attached hydrogens (tertiary/aromatic N) is 1. The van der Waals surface area contributed by atoms with Gasteiger partial charge in [0.05, 0.1) is 12.1 Å². The SMILES string of the molecule is c1ccc2nc(OCCC3CCNC3)ccc2c1. The van der Waals surface area contributed by atoms with Crippen LogP contribution in [0.4, 0.5) is 0 Å². The summed E-state index contributed by atoms with van der Waals surface area (Å²) in [5.74, 6) is 1.50. The quantitative estimate of drug-likeness (QED) is 0.895. The van der Waals surface area contributed by atoms with Crippen LogP contribution in [0.2, 0.25) is 0 Å². The summed E-state index contributed by atoms with van der Waals surface area (Å²) in [7, 11) is 0. The summed E-state index contributed by atoms with van der Waals surface area (Å²) in [6.07, 6.45) is 2.38. The summed E-state index contributed by atoms with van der Waals surface area (Å²) >= 11 is 0. The van der Waals surface area contributed by atoms with Crippen molar-refractivity contribution in [3.63, 3.8) is 0 Å². The van der Waals surface area contributed by atoms with E-state index in [0.717, 1.165) is 48.8 Å². The molecule has 1 aliphatic heterocycles. The Labute approximate surface area is 107 Å². The van der Waals surface area contributed by atoms with Gasteiger partial charge in [0, 0.05) is 11.5 Å². The Morgan fingerprint density at radius 3 is 3.06 bits per heavy atom. The molecule has 3 nitrogen and oxygen atoms in total. The topological polar surface area (TPSA) is 34.1 Å². The van der Waals surface area contributed by atoms with Crippen molar-refractivity contribution in [2.45, 2.75) is 12.8 Å². The molecular weight excluding hydrogens is 224 g/mol. The highest BCUT2D eigenvalue weighted by molar-refractivity contribution is 5.78. The standard InChI is InChI=1S/C15H18N2O/c1-2-4-14-13(3-1)5-6-15(17-14)18-10-8-12-7-9-16-11-12/h1-6,12,16H,7-11H2. The number of rotatable bonds is 4. The summed E-state index contributed by atoms with van der Waals surface area (Å²) in [5.41, 5.74) is 0.998. The molecule has 3 heteroatoms. The molecule has 3 rings (SSSR count). The van der Waals surface area contributed by atoms with Crippen LogP contribution in [-0.2, 0) is 0 Å². The first-order valence-electron chi connectivity index (χ1n) is 6.61. The van der Waals surface area contributed by atoms with Gasteiger partial charge in [-0.05, 0) is 44.0 Å². The summed E-state index contributed by atoms with van der Waals surface area (Å²) in [4.78, 5) is 4.50. The Hall–Kier alpha value is -1.61. The average Bonchev–Trinajstić information content (AvgIpc) is 2.92. The Bertz CT molecular complexity index is 521. The zero-order chi connectivity index (χ0) is 12.2. The fraction of sp³-hybridized carbons (Fsp3) is 0.400. The molecule has 2 aromatic rings. The molecular formula is C15H18N2O. The van der Waals surface area contributed by atoms with Crippen LogP contribution in [0.5, 0.6) is 5.88 Å². The molecule has 0 radical (unpaired) electrons. The van der Waals surface area contributed by atoms with E-state index < -0.39 is 0 Å². The Balaban J connectivity index is 1.60. The van der Waals surface area contributed by atoms with Gasteiger partial charge in [0.1, 0.15) is 0 Å². The van der Waals surface area contributed by atoms with Crippen LogP contribution in [0.3, 0.4) is 0 Å². The molecule has 1 saturated heterocycles. The molecule has 0 amide bonds. The lowest BCUT2D eigenvalue weighted by atomic mass is 10.1. The average molecular weight is 242 g/mol. The second-order valence-electron chi connectivity index (χ2n) is 4.84. The van der Waals surface area contributed by atoms with Crippen molar-refractivity contribution in [2.24, 2.45) is 5.92 Å². The lowest BCUT2D eigenvalue weighted by molar-refractivity contribution is 0.275. The van der Waals surface area contributed by atoms with E-state index in [1.54, 1.807) is 0 Å². The van der Waals surface area contributed by atoms with Crippen LogP contribution >= 0.6 is 0 Å². The predicted octanol–water partition coefficient (Wildman–Crippen LogP) is 2.61. The van der Waals surface area contributed by atoms with Crippen molar-refractivity contribution in [1.82, 2.24) is 10.3 Å². The highest BCUT2D eigenvalue weighted by Gasteiger charge is 2.14. The largest absolute Gasteiger partial charge is 0.478 e. The lowest BCUT2D eigenvalue weighted by Gasteiger charge is -2.09. The first-order chi connectivity index (χ1) is 8.92. The van der Waals surface area contributed by atoms with Crippen LogP contribution < -0.4 is 10.1 Å². The molecule has 18 heavy (non-hydrogen) atoms. The molecule has 1 unspecified atom stereocenters. The zero-order valence-corrected chi connectivity index (χ0v) is 10.4. The van der Waals surface area contributed by atoms with Crippen LogP contribution in [0.25, 0.3) is 10.9 Å². The summed E-state index contributed by atoms with van der Waals surface area (Å²) < 4.78 is 5.74. The lowest BCUT2D eigenvalue weighted by Crippen LogP contribution is -2.11. The molecule has 1 aromatic heterocycles. The third-order valence-corrected chi connectivity index (χ3v) is 3.51. The third kappa shape index (κ3) is 2.62. The molecule has 0 spiro atoms. The first kappa shape index (κ1) is 11.5.